The van der Waals surface area contributed by atoms with Crippen molar-refractivity contribution in [2.45, 2.75) is 224 Å². The summed E-state index contributed by atoms with van der Waals surface area (Å²) in [6.45, 7) is 9.09. The first-order valence-electron chi connectivity index (χ1n) is 25.7. The van der Waals surface area contributed by atoms with Gasteiger partial charge in [0.2, 0.25) is 11.8 Å². The van der Waals surface area contributed by atoms with Gasteiger partial charge in [0, 0.05) is 88.4 Å². The third kappa shape index (κ3) is 14.2. The van der Waals surface area contributed by atoms with Crippen molar-refractivity contribution in [3.05, 3.63) is 106 Å². The lowest BCUT2D eigenvalue weighted by Gasteiger charge is -2.41. The summed E-state index contributed by atoms with van der Waals surface area (Å²) in [5.74, 6) is 0.622. The predicted molar refractivity (Wildman–Crippen MR) is 259 cm³/mol. The average Bonchev–Trinajstić information content (AvgIpc) is 3.32. The zero-order valence-corrected chi connectivity index (χ0v) is 39.2. The van der Waals surface area contributed by atoms with Crippen LogP contribution in [0.3, 0.4) is 0 Å². The van der Waals surface area contributed by atoms with Gasteiger partial charge in [-0.05, 0) is 84.7 Å². The second-order valence-corrected chi connectivity index (χ2v) is 19.7. The molecule has 3 aliphatic carbocycles. The van der Waals surface area contributed by atoms with Crippen LogP contribution in [0.25, 0.3) is 0 Å². The lowest BCUT2D eigenvalue weighted by Crippen LogP contribution is -2.53. The van der Waals surface area contributed by atoms with Gasteiger partial charge in [0.1, 0.15) is 0 Å². The molecule has 8 heteroatoms. The quantitative estimate of drug-likeness (QED) is 0.160. The molecule has 0 radical (unpaired) electrons. The van der Waals surface area contributed by atoms with Crippen LogP contribution < -0.4 is 21.3 Å². The fourth-order valence-corrected chi connectivity index (χ4v) is 11.1. The maximum absolute atomic E-state index is 14.2. The number of nitrogens with zero attached hydrogens (tertiary/aromatic N) is 2. The molecule has 6 atom stereocenters. The number of carbonyl (C=O) groups is 2. The summed E-state index contributed by atoms with van der Waals surface area (Å²) in [6, 6.07) is 29.1. The number of unbranched alkanes of at least 4 members (excludes halogenated alkanes) is 5. The molecule has 3 fully saturated rings. The Morgan fingerprint density at radius 2 is 0.714 bits per heavy atom. The van der Waals surface area contributed by atoms with Crippen LogP contribution in [0.5, 0.6) is 0 Å². The molecule has 7 aliphatic rings. The van der Waals surface area contributed by atoms with Crippen molar-refractivity contribution in [1.29, 1.82) is 0 Å². The number of hydrogen-bond donors (Lipinski definition) is 4. The highest BCUT2D eigenvalue weighted by Crippen LogP contribution is 2.29. The van der Waals surface area contributed by atoms with E-state index in [1.165, 1.54) is 97.6 Å². The minimum atomic E-state index is 0.192. The van der Waals surface area contributed by atoms with E-state index in [0.717, 1.165) is 84.0 Å². The number of carbonyl (C=O) groups excluding carboxylic acids is 2. The number of benzene rings is 3. The molecular formula is C55H82N6O2. The maximum Gasteiger partial charge on any atom is 0.223 e. The summed E-state index contributed by atoms with van der Waals surface area (Å²) >= 11 is 0. The lowest BCUT2D eigenvalue weighted by atomic mass is 9.88. The van der Waals surface area contributed by atoms with Gasteiger partial charge in [-0.3, -0.25) is 9.59 Å². The van der Waals surface area contributed by atoms with Gasteiger partial charge in [-0.15, -0.1) is 0 Å². The van der Waals surface area contributed by atoms with Gasteiger partial charge < -0.3 is 31.1 Å². The third-order valence-electron chi connectivity index (χ3n) is 15.0. The third-order valence-corrected chi connectivity index (χ3v) is 15.0. The van der Waals surface area contributed by atoms with Crippen molar-refractivity contribution in [3.63, 3.8) is 0 Å². The molecule has 4 N–H and O–H groups in total. The SMILES string of the molecule is CCCCCCC(=O)N1Cc2ccc(cc2)CNC2CCCCC2NCc2ccc(cc2)CN(C(=O)CCCCC)C2CCCCC2NCc2ccc(cc2)CNC2CCCCC21. The summed E-state index contributed by atoms with van der Waals surface area (Å²) in [7, 11) is 0. The van der Waals surface area contributed by atoms with Crippen molar-refractivity contribution >= 4 is 11.8 Å². The smallest absolute Gasteiger partial charge is 0.223 e. The molecule has 6 unspecified atom stereocenters. The van der Waals surface area contributed by atoms with Crippen LogP contribution in [0.2, 0.25) is 0 Å². The first kappa shape index (κ1) is 47.4. The predicted octanol–water partition coefficient (Wildman–Crippen LogP) is 10.6. The van der Waals surface area contributed by atoms with Crippen LogP contribution in [0, 0.1) is 0 Å². The average molecular weight is 859 g/mol. The molecular weight excluding hydrogens is 777 g/mol. The molecule has 63 heavy (non-hydrogen) atoms. The Bertz CT molecular complexity index is 1800. The molecule has 344 valence electrons. The Balaban J connectivity index is 1.12. The minimum Gasteiger partial charge on any atom is -0.334 e. The molecule has 6 bridgehead atoms. The van der Waals surface area contributed by atoms with Gasteiger partial charge in [-0.2, -0.15) is 0 Å². The van der Waals surface area contributed by atoms with Crippen LogP contribution in [-0.2, 0) is 48.9 Å². The molecule has 3 aromatic rings. The van der Waals surface area contributed by atoms with Gasteiger partial charge in [0.15, 0.2) is 0 Å². The molecule has 8 nitrogen and oxygen atoms in total. The highest BCUT2D eigenvalue weighted by atomic mass is 16.2. The van der Waals surface area contributed by atoms with E-state index in [-0.39, 0.29) is 24.2 Å². The van der Waals surface area contributed by atoms with E-state index < -0.39 is 0 Å². The van der Waals surface area contributed by atoms with Crippen molar-refractivity contribution in [3.8, 4) is 0 Å². The molecule has 4 heterocycles. The van der Waals surface area contributed by atoms with Crippen LogP contribution in [0.15, 0.2) is 72.8 Å². The molecule has 0 saturated heterocycles. The number of fused-ring (bicyclic) bond motifs is 3. The first-order chi connectivity index (χ1) is 31.0. The lowest BCUT2D eigenvalue weighted by molar-refractivity contribution is -0.136. The summed E-state index contributed by atoms with van der Waals surface area (Å²) in [4.78, 5) is 32.8. The van der Waals surface area contributed by atoms with Crippen molar-refractivity contribution < 1.29 is 9.59 Å². The monoisotopic (exact) mass is 859 g/mol. The largest absolute Gasteiger partial charge is 0.334 e. The van der Waals surface area contributed by atoms with Gasteiger partial charge in [-0.1, -0.05) is 157 Å². The summed E-state index contributed by atoms with van der Waals surface area (Å²) < 4.78 is 0. The molecule has 3 aromatic carbocycles. The Hall–Kier alpha value is -3.56. The van der Waals surface area contributed by atoms with E-state index >= 15 is 0 Å². The fraction of sp³-hybridized carbons (Fsp3) is 0.636. The van der Waals surface area contributed by atoms with Crippen LogP contribution in [0.4, 0.5) is 0 Å². The van der Waals surface area contributed by atoms with Gasteiger partial charge in [0.25, 0.3) is 0 Å². The zero-order chi connectivity index (χ0) is 43.6. The van der Waals surface area contributed by atoms with E-state index in [9.17, 15) is 9.59 Å². The molecule has 3 saturated carbocycles. The highest BCUT2D eigenvalue weighted by molar-refractivity contribution is 5.77. The summed E-state index contributed by atoms with van der Waals surface area (Å²) in [5.41, 5.74) is 7.61. The van der Waals surface area contributed by atoms with Gasteiger partial charge in [-0.25, -0.2) is 0 Å². The molecule has 10 rings (SSSR count). The van der Waals surface area contributed by atoms with E-state index in [4.69, 9.17) is 0 Å². The Morgan fingerprint density at radius 3 is 1.10 bits per heavy atom. The topological polar surface area (TPSA) is 88.7 Å². The second kappa shape index (κ2) is 25.2. The number of hydrogen-bond acceptors (Lipinski definition) is 6. The van der Waals surface area contributed by atoms with Crippen LogP contribution >= 0.6 is 0 Å². The van der Waals surface area contributed by atoms with E-state index in [1.54, 1.807) is 0 Å². The first-order valence-corrected chi connectivity index (χ1v) is 25.7. The minimum absolute atomic E-state index is 0.192. The van der Waals surface area contributed by atoms with Gasteiger partial charge in [0.05, 0.1) is 0 Å². The van der Waals surface area contributed by atoms with Crippen molar-refractivity contribution in [2.75, 3.05) is 0 Å². The highest BCUT2D eigenvalue weighted by Gasteiger charge is 2.34. The maximum atomic E-state index is 14.2. The number of rotatable bonds is 9. The van der Waals surface area contributed by atoms with E-state index in [0.29, 0.717) is 49.8 Å². The Morgan fingerprint density at radius 1 is 0.413 bits per heavy atom. The van der Waals surface area contributed by atoms with Crippen LogP contribution in [0.1, 0.15) is 182 Å². The Kier molecular flexibility index (Phi) is 19.0. The van der Waals surface area contributed by atoms with E-state index in [2.05, 4.69) is 118 Å². The second-order valence-electron chi connectivity index (χ2n) is 19.7. The summed E-state index contributed by atoms with van der Waals surface area (Å²) in [5, 5.41) is 15.8. The summed E-state index contributed by atoms with van der Waals surface area (Å²) in [6.07, 6.45) is 22.9. The standard InChI is InChI=1S/C55H82N6O2/c1-3-5-7-9-23-55(63)61-41-47-34-30-45(31-35-47)37-57-49-17-11-10-16-48(49)56-36-44-28-32-46(33-29-44)40-60(54(62)22-8-6-4-2)52-20-14-12-18-50(52)58-38-42-24-26-43(27-25-42)39-59-51-19-13-15-21-53(51)61/h24-35,48-53,56-59H,3-23,36-41H2,1-2H3. The normalized spacial score (nSPS) is 25.5. The number of nitrogens with one attached hydrogen (secondary N) is 4. The van der Waals surface area contributed by atoms with Crippen molar-refractivity contribution in [2.24, 2.45) is 0 Å². The van der Waals surface area contributed by atoms with Gasteiger partial charge >= 0.3 is 0 Å². The molecule has 2 amide bonds. The molecule has 4 aliphatic heterocycles. The molecule has 0 aromatic heterocycles. The number of amides is 2. The molecule has 0 spiro atoms. The zero-order valence-electron chi connectivity index (χ0n) is 39.2. The fourth-order valence-electron chi connectivity index (χ4n) is 11.1. The Labute approximate surface area is 381 Å². The van der Waals surface area contributed by atoms with Crippen LogP contribution in [-0.4, -0.2) is 57.9 Å². The van der Waals surface area contributed by atoms with E-state index in [1.807, 2.05) is 0 Å². The van der Waals surface area contributed by atoms with Crippen molar-refractivity contribution in [1.82, 2.24) is 31.1 Å².